The second kappa shape index (κ2) is 5.48. The molecule has 0 bridgehead atoms. The van der Waals surface area contributed by atoms with Crippen LogP contribution in [0, 0.1) is 17.5 Å². The molecule has 0 aromatic heterocycles. The van der Waals surface area contributed by atoms with Crippen LogP contribution in [-0.2, 0) is 9.53 Å². The Morgan fingerprint density at radius 1 is 0.955 bits per heavy atom. The smallest absolute Gasteiger partial charge is 0.363 e. The largest absolute Gasteiger partial charge is 0.402 e. The van der Waals surface area contributed by atoms with Crippen LogP contribution in [0.1, 0.15) is 11.1 Å². The third-order valence-electron chi connectivity index (χ3n) is 2.97. The lowest BCUT2D eigenvalue weighted by molar-refractivity contribution is -0.129. The van der Waals surface area contributed by atoms with E-state index in [1.165, 1.54) is 30.3 Å². The Labute approximate surface area is 123 Å². The molecule has 0 unspecified atom stereocenters. The number of ether oxygens (including phenoxy) is 1. The first-order chi connectivity index (χ1) is 10.5. The second-order valence-electron chi connectivity index (χ2n) is 4.51. The van der Waals surface area contributed by atoms with Crippen LogP contribution in [0.4, 0.5) is 13.2 Å². The summed E-state index contributed by atoms with van der Waals surface area (Å²) >= 11 is 0. The van der Waals surface area contributed by atoms with Gasteiger partial charge in [-0.1, -0.05) is 0 Å². The van der Waals surface area contributed by atoms with E-state index in [4.69, 9.17) is 4.74 Å². The van der Waals surface area contributed by atoms with Crippen LogP contribution < -0.4 is 0 Å². The molecule has 0 aliphatic carbocycles. The number of carbonyl (C=O) groups is 1. The summed E-state index contributed by atoms with van der Waals surface area (Å²) in [5.41, 5.74) is 0.306. The molecule has 1 heterocycles. The van der Waals surface area contributed by atoms with Crippen molar-refractivity contribution in [3.05, 3.63) is 76.7 Å². The van der Waals surface area contributed by atoms with Crippen LogP contribution in [-0.4, -0.2) is 11.9 Å². The molecule has 110 valence electrons. The molecule has 0 radical (unpaired) electrons. The zero-order valence-electron chi connectivity index (χ0n) is 11.0. The van der Waals surface area contributed by atoms with E-state index in [1.807, 2.05) is 0 Å². The Morgan fingerprint density at radius 2 is 1.64 bits per heavy atom. The standard InChI is InChI=1S/C16H8F3NO2/c17-11-4-1-9(2-5-11)15-20-14(16(21)22-15)7-10-3-6-12(18)8-13(10)19/h1-8H. The van der Waals surface area contributed by atoms with Crippen molar-refractivity contribution in [3.8, 4) is 0 Å². The zero-order chi connectivity index (χ0) is 15.7. The Morgan fingerprint density at radius 3 is 2.32 bits per heavy atom. The van der Waals surface area contributed by atoms with E-state index in [0.717, 1.165) is 12.1 Å². The van der Waals surface area contributed by atoms with E-state index in [-0.39, 0.29) is 17.2 Å². The normalized spacial score (nSPS) is 15.9. The molecule has 3 rings (SSSR count). The van der Waals surface area contributed by atoms with E-state index in [9.17, 15) is 18.0 Å². The third-order valence-corrected chi connectivity index (χ3v) is 2.97. The number of esters is 1. The van der Waals surface area contributed by atoms with Crippen molar-refractivity contribution < 1.29 is 22.7 Å². The number of carbonyl (C=O) groups excluding carboxylic acids is 1. The van der Waals surface area contributed by atoms with Crippen LogP contribution in [0.15, 0.2) is 53.2 Å². The lowest BCUT2D eigenvalue weighted by atomic mass is 10.2. The molecule has 0 amide bonds. The van der Waals surface area contributed by atoms with E-state index in [2.05, 4.69) is 4.99 Å². The fourth-order valence-electron chi connectivity index (χ4n) is 1.89. The number of halogens is 3. The minimum absolute atomic E-state index is 0.00114. The summed E-state index contributed by atoms with van der Waals surface area (Å²) in [5.74, 6) is -2.73. The van der Waals surface area contributed by atoms with Crippen molar-refractivity contribution in [3.63, 3.8) is 0 Å². The molecular formula is C16H8F3NO2. The van der Waals surface area contributed by atoms with Gasteiger partial charge in [0.2, 0.25) is 5.90 Å². The quantitative estimate of drug-likeness (QED) is 0.629. The van der Waals surface area contributed by atoms with Gasteiger partial charge in [-0.05, 0) is 42.5 Å². The number of nitrogens with zero attached hydrogens (tertiary/aromatic N) is 1. The fourth-order valence-corrected chi connectivity index (χ4v) is 1.89. The van der Waals surface area contributed by atoms with Crippen molar-refractivity contribution in [1.82, 2.24) is 0 Å². The fraction of sp³-hybridized carbons (Fsp3) is 0. The topological polar surface area (TPSA) is 38.7 Å². The molecule has 0 atom stereocenters. The summed E-state index contributed by atoms with van der Waals surface area (Å²) in [6.45, 7) is 0. The summed E-state index contributed by atoms with van der Waals surface area (Å²) in [6, 6.07) is 8.18. The van der Waals surface area contributed by atoms with Crippen molar-refractivity contribution in [2.24, 2.45) is 4.99 Å². The van der Waals surface area contributed by atoms with Gasteiger partial charge in [-0.15, -0.1) is 0 Å². The number of aliphatic imine (C=N–C) groups is 1. The summed E-state index contributed by atoms with van der Waals surface area (Å²) in [6.07, 6.45) is 1.16. The minimum Gasteiger partial charge on any atom is -0.402 e. The van der Waals surface area contributed by atoms with Gasteiger partial charge in [-0.25, -0.2) is 23.0 Å². The first-order valence-electron chi connectivity index (χ1n) is 6.26. The number of rotatable bonds is 2. The SMILES string of the molecule is O=C1OC(c2ccc(F)cc2)=NC1=Cc1ccc(F)cc1F. The van der Waals surface area contributed by atoms with Crippen LogP contribution in [0.3, 0.4) is 0 Å². The molecule has 6 heteroatoms. The van der Waals surface area contributed by atoms with E-state index in [1.54, 1.807) is 0 Å². The molecule has 0 N–H and O–H groups in total. The van der Waals surface area contributed by atoms with Gasteiger partial charge in [-0.2, -0.15) is 0 Å². The Kier molecular flexibility index (Phi) is 3.50. The third kappa shape index (κ3) is 2.76. The molecule has 2 aromatic rings. The van der Waals surface area contributed by atoms with Crippen LogP contribution in [0.25, 0.3) is 6.08 Å². The first-order valence-corrected chi connectivity index (χ1v) is 6.26. The predicted octanol–water partition coefficient (Wildman–Crippen LogP) is 3.45. The monoisotopic (exact) mass is 303 g/mol. The van der Waals surface area contributed by atoms with Crippen molar-refractivity contribution >= 4 is 17.9 Å². The highest BCUT2D eigenvalue weighted by molar-refractivity contribution is 6.12. The van der Waals surface area contributed by atoms with Gasteiger partial charge in [0.1, 0.15) is 17.5 Å². The summed E-state index contributed by atoms with van der Waals surface area (Å²) in [7, 11) is 0. The lowest BCUT2D eigenvalue weighted by Crippen LogP contribution is -2.05. The predicted molar refractivity (Wildman–Crippen MR) is 73.4 cm³/mol. The number of hydrogen-bond acceptors (Lipinski definition) is 3. The van der Waals surface area contributed by atoms with E-state index >= 15 is 0 Å². The summed E-state index contributed by atoms with van der Waals surface area (Å²) in [4.78, 5) is 15.7. The van der Waals surface area contributed by atoms with Gasteiger partial charge in [0, 0.05) is 17.2 Å². The molecular weight excluding hydrogens is 295 g/mol. The summed E-state index contributed by atoms with van der Waals surface area (Å²) in [5, 5.41) is 0. The highest BCUT2D eigenvalue weighted by Gasteiger charge is 2.24. The lowest BCUT2D eigenvalue weighted by Gasteiger charge is -1.98. The van der Waals surface area contributed by atoms with Crippen LogP contribution >= 0.6 is 0 Å². The van der Waals surface area contributed by atoms with Gasteiger partial charge in [-0.3, -0.25) is 0 Å². The highest BCUT2D eigenvalue weighted by Crippen LogP contribution is 2.21. The van der Waals surface area contributed by atoms with Crippen molar-refractivity contribution in [1.29, 1.82) is 0 Å². The zero-order valence-corrected chi connectivity index (χ0v) is 11.0. The molecule has 2 aromatic carbocycles. The maximum Gasteiger partial charge on any atom is 0.363 e. The average molecular weight is 303 g/mol. The second-order valence-corrected chi connectivity index (χ2v) is 4.51. The maximum absolute atomic E-state index is 13.6. The molecule has 22 heavy (non-hydrogen) atoms. The van der Waals surface area contributed by atoms with Gasteiger partial charge in [0.05, 0.1) is 0 Å². The number of hydrogen-bond donors (Lipinski definition) is 0. The van der Waals surface area contributed by atoms with Crippen molar-refractivity contribution in [2.75, 3.05) is 0 Å². The van der Waals surface area contributed by atoms with E-state index in [0.29, 0.717) is 11.6 Å². The average Bonchev–Trinajstić information content (AvgIpc) is 2.84. The molecule has 0 fully saturated rings. The van der Waals surface area contributed by atoms with Gasteiger partial charge >= 0.3 is 5.97 Å². The summed E-state index contributed by atoms with van der Waals surface area (Å²) < 4.78 is 44.2. The Bertz CT molecular complexity index is 811. The Balaban J connectivity index is 1.95. The maximum atomic E-state index is 13.6. The van der Waals surface area contributed by atoms with Crippen LogP contribution in [0.2, 0.25) is 0 Å². The van der Waals surface area contributed by atoms with Gasteiger partial charge in [0.15, 0.2) is 5.70 Å². The Hall–Kier alpha value is -2.89. The van der Waals surface area contributed by atoms with E-state index < -0.39 is 23.4 Å². The number of cyclic esters (lactones) is 1. The molecule has 1 aliphatic rings. The molecule has 0 saturated carbocycles. The molecule has 3 nitrogen and oxygen atoms in total. The van der Waals surface area contributed by atoms with Gasteiger partial charge < -0.3 is 4.74 Å². The first kappa shape index (κ1) is 14.1. The number of benzene rings is 2. The van der Waals surface area contributed by atoms with Crippen molar-refractivity contribution in [2.45, 2.75) is 0 Å². The molecule has 1 aliphatic heterocycles. The van der Waals surface area contributed by atoms with Crippen LogP contribution in [0.5, 0.6) is 0 Å². The highest BCUT2D eigenvalue weighted by atomic mass is 19.1. The minimum atomic E-state index is -0.814. The molecule has 0 spiro atoms. The van der Waals surface area contributed by atoms with Gasteiger partial charge in [0.25, 0.3) is 0 Å². The molecule has 0 saturated heterocycles.